The summed E-state index contributed by atoms with van der Waals surface area (Å²) in [6, 6.07) is 2.08. The highest BCUT2D eigenvalue weighted by Crippen LogP contribution is 2.27. The maximum atomic E-state index is 13.4. The van der Waals surface area contributed by atoms with Crippen LogP contribution in [0.25, 0.3) is 0 Å². The highest BCUT2D eigenvalue weighted by molar-refractivity contribution is 5.99. The molecule has 1 aromatic rings. The SMILES string of the molecule is CC(=O)c1c(N)ccc(OC(F)F)c1F. The molecular formula is C9H8F3NO2. The Morgan fingerprint density at radius 3 is 2.53 bits per heavy atom. The quantitative estimate of drug-likeness (QED) is 0.626. The molecule has 2 N–H and O–H groups in total. The van der Waals surface area contributed by atoms with E-state index in [1.165, 1.54) is 0 Å². The van der Waals surface area contributed by atoms with Crippen molar-refractivity contribution in [3.8, 4) is 5.75 Å². The average molecular weight is 219 g/mol. The van der Waals surface area contributed by atoms with Crippen molar-refractivity contribution in [3.63, 3.8) is 0 Å². The molecule has 0 aliphatic carbocycles. The van der Waals surface area contributed by atoms with Crippen LogP contribution >= 0.6 is 0 Å². The minimum Gasteiger partial charge on any atom is -0.432 e. The fourth-order valence-corrected chi connectivity index (χ4v) is 1.12. The molecule has 0 heterocycles. The topological polar surface area (TPSA) is 52.3 Å². The van der Waals surface area contributed by atoms with Crippen molar-refractivity contribution < 1.29 is 22.7 Å². The fraction of sp³-hybridized carbons (Fsp3) is 0.222. The molecule has 0 spiro atoms. The molecule has 1 aromatic carbocycles. The van der Waals surface area contributed by atoms with Gasteiger partial charge in [-0.15, -0.1) is 0 Å². The van der Waals surface area contributed by atoms with Crippen LogP contribution in [-0.4, -0.2) is 12.4 Å². The summed E-state index contributed by atoms with van der Waals surface area (Å²) in [6.45, 7) is -2.07. The number of hydrogen-bond donors (Lipinski definition) is 1. The van der Waals surface area contributed by atoms with Crippen LogP contribution in [-0.2, 0) is 0 Å². The van der Waals surface area contributed by atoms with Crippen molar-refractivity contribution >= 4 is 11.5 Å². The molecule has 0 atom stereocenters. The molecule has 0 aliphatic heterocycles. The van der Waals surface area contributed by atoms with Crippen molar-refractivity contribution in [2.45, 2.75) is 13.5 Å². The Morgan fingerprint density at radius 1 is 1.47 bits per heavy atom. The molecule has 0 saturated heterocycles. The normalized spacial score (nSPS) is 10.5. The first-order valence-corrected chi connectivity index (χ1v) is 3.97. The van der Waals surface area contributed by atoms with E-state index >= 15 is 0 Å². The fourth-order valence-electron chi connectivity index (χ4n) is 1.12. The van der Waals surface area contributed by atoms with E-state index in [1.54, 1.807) is 0 Å². The third-order valence-electron chi connectivity index (χ3n) is 1.71. The summed E-state index contributed by atoms with van der Waals surface area (Å²) in [6.07, 6.45) is 0. The number of benzene rings is 1. The number of alkyl halides is 2. The Kier molecular flexibility index (Phi) is 3.18. The van der Waals surface area contributed by atoms with Crippen molar-refractivity contribution in [3.05, 3.63) is 23.5 Å². The van der Waals surface area contributed by atoms with Crippen LogP contribution < -0.4 is 10.5 Å². The van der Waals surface area contributed by atoms with Gasteiger partial charge >= 0.3 is 6.61 Å². The number of carbonyl (C=O) groups is 1. The molecule has 6 heteroatoms. The Hall–Kier alpha value is -1.72. The molecule has 0 bridgehead atoms. The maximum absolute atomic E-state index is 13.4. The molecule has 0 unspecified atom stereocenters. The van der Waals surface area contributed by atoms with Gasteiger partial charge in [-0.2, -0.15) is 8.78 Å². The summed E-state index contributed by atoms with van der Waals surface area (Å²) < 4.78 is 40.9. The minimum absolute atomic E-state index is 0.110. The molecule has 15 heavy (non-hydrogen) atoms. The number of nitrogen functional groups attached to an aromatic ring is 1. The molecule has 0 radical (unpaired) electrons. The van der Waals surface area contributed by atoms with Crippen molar-refractivity contribution in [1.82, 2.24) is 0 Å². The summed E-state index contributed by atoms with van der Waals surface area (Å²) in [5.41, 5.74) is 4.77. The van der Waals surface area contributed by atoms with E-state index < -0.39 is 29.5 Å². The largest absolute Gasteiger partial charge is 0.432 e. The number of halogens is 3. The zero-order valence-corrected chi connectivity index (χ0v) is 7.76. The zero-order chi connectivity index (χ0) is 11.6. The first-order chi connectivity index (χ1) is 6.93. The molecule has 0 fully saturated rings. The second-order valence-electron chi connectivity index (χ2n) is 2.78. The second-order valence-corrected chi connectivity index (χ2v) is 2.78. The number of Topliss-reactive ketones (excluding diaryl/α,β-unsaturated/α-hetero) is 1. The Labute approximate surface area is 83.6 Å². The van der Waals surface area contributed by atoms with Gasteiger partial charge in [0, 0.05) is 5.69 Å². The lowest BCUT2D eigenvalue weighted by molar-refractivity contribution is -0.0522. The summed E-state index contributed by atoms with van der Waals surface area (Å²) in [5.74, 6) is -2.50. The van der Waals surface area contributed by atoms with E-state index in [0.29, 0.717) is 0 Å². The molecular weight excluding hydrogens is 211 g/mol. The monoisotopic (exact) mass is 219 g/mol. The number of nitrogens with two attached hydrogens (primary N) is 1. The molecule has 0 aliphatic rings. The van der Waals surface area contributed by atoms with Crippen LogP contribution in [0.2, 0.25) is 0 Å². The van der Waals surface area contributed by atoms with Crippen LogP contribution in [0, 0.1) is 5.82 Å². The van der Waals surface area contributed by atoms with Crippen molar-refractivity contribution in [1.29, 1.82) is 0 Å². The number of hydrogen-bond acceptors (Lipinski definition) is 3. The van der Waals surface area contributed by atoms with Crippen LogP contribution in [0.1, 0.15) is 17.3 Å². The van der Waals surface area contributed by atoms with Crippen LogP contribution in [0.15, 0.2) is 12.1 Å². The maximum Gasteiger partial charge on any atom is 0.387 e. The Morgan fingerprint density at radius 2 is 2.07 bits per heavy atom. The third-order valence-corrected chi connectivity index (χ3v) is 1.71. The first-order valence-electron chi connectivity index (χ1n) is 3.97. The number of rotatable bonds is 3. The predicted molar refractivity (Wildman–Crippen MR) is 47.4 cm³/mol. The average Bonchev–Trinajstić information content (AvgIpc) is 2.09. The Bertz CT molecular complexity index is 393. The molecule has 1 rings (SSSR count). The number of ketones is 1. The van der Waals surface area contributed by atoms with E-state index in [0.717, 1.165) is 19.1 Å². The van der Waals surface area contributed by atoms with Gasteiger partial charge in [0.2, 0.25) is 0 Å². The van der Waals surface area contributed by atoms with Crippen LogP contribution in [0.3, 0.4) is 0 Å². The van der Waals surface area contributed by atoms with Gasteiger partial charge in [0.1, 0.15) is 0 Å². The first kappa shape index (κ1) is 11.4. The van der Waals surface area contributed by atoms with Gasteiger partial charge in [-0.05, 0) is 19.1 Å². The Balaban J connectivity index is 3.22. The third kappa shape index (κ3) is 2.39. The van der Waals surface area contributed by atoms with Crippen LogP contribution in [0.5, 0.6) is 5.75 Å². The summed E-state index contributed by atoms with van der Waals surface area (Å²) >= 11 is 0. The van der Waals surface area contributed by atoms with Gasteiger partial charge in [0.25, 0.3) is 0 Å². The van der Waals surface area contributed by atoms with Gasteiger partial charge in [-0.1, -0.05) is 0 Å². The minimum atomic E-state index is -3.15. The number of anilines is 1. The van der Waals surface area contributed by atoms with Gasteiger partial charge in [-0.3, -0.25) is 4.79 Å². The van der Waals surface area contributed by atoms with E-state index in [4.69, 9.17) is 5.73 Å². The van der Waals surface area contributed by atoms with Crippen molar-refractivity contribution in [2.75, 3.05) is 5.73 Å². The number of ether oxygens (including phenoxy) is 1. The van der Waals surface area contributed by atoms with Gasteiger partial charge in [0.05, 0.1) is 5.56 Å². The lowest BCUT2D eigenvalue weighted by Gasteiger charge is -2.09. The van der Waals surface area contributed by atoms with Gasteiger partial charge in [-0.25, -0.2) is 4.39 Å². The highest BCUT2D eigenvalue weighted by atomic mass is 19.3. The van der Waals surface area contributed by atoms with E-state index in [2.05, 4.69) is 4.74 Å². The molecule has 0 amide bonds. The van der Waals surface area contributed by atoms with E-state index in [-0.39, 0.29) is 5.69 Å². The van der Waals surface area contributed by atoms with E-state index in [9.17, 15) is 18.0 Å². The van der Waals surface area contributed by atoms with Gasteiger partial charge < -0.3 is 10.5 Å². The standard InChI is InChI=1S/C9H8F3NO2/c1-4(14)7-5(13)2-3-6(8(7)10)15-9(11)12/h2-3,9H,13H2,1H3. The van der Waals surface area contributed by atoms with Gasteiger partial charge in [0.15, 0.2) is 17.3 Å². The van der Waals surface area contributed by atoms with Crippen molar-refractivity contribution in [2.24, 2.45) is 0 Å². The second kappa shape index (κ2) is 4.20. The smallest absolute Gasteiger partial charge is 0.387 e. The molecule has 0 saturated carbocycles. The molecule has 0 aromatic heterocycles. The summed E-state index contributed by atoms with van der Waals surface area (Å²) in [4.78, 5) is 11.0. The zero-order valence-electron chi connectivity index (χ0n) is 7.76. The molecule has 82 valence electrons. The summed E-state index contributed by atoms with van der Waals surface area (Å²) in [5, 5.41) is 0. The predicted octanol–water partition coefficient (Wildman–Crippen LogP) is 2.21. The van der Waals surface area contributed by atoms with Crippen LogP contribution in [0.4, 0.5) is 18.9 Å². The lowest BCUT2D eigenvalue weighted by atomic mass is 10.1. The van der Waals surface area contributed by atoms with E-state index in [1.807, 2.05) is 0 Å². The highest BCUT2D eigenvalue weighted by Gasteiger charge is 2.18. The number of carbonyl (C=O) groups excluding carboxylic acids is 1. The lowest BCUT2D eigenvalue weighted by Crippen LogP contribution is -2.09. The molecule has 3 nitrogen and oxygen atoms in total. The summed E-state index contributed by atoms with van der Waals surface area (Å²) in [7, 11) is 0.